The maximum absolute atomic E-state index is 12.6. The first-order valence-corrected chi connectivity index (χ1v) is 9.72. The van der Waals surface area contributed by atoms with Gasteiger partial charge in [-0.1, -0.05) is 36.4 Å². The van der Waals surface area contributed by atoms with Crippen molar-refractivity contribution in [2.45, 2.75) is 13.8 Å². The van der Waals surface area contributed by atoms with Crippen molar-refractivity contribution in [3.05, 3.63) is 102 Å². The van der Waals surface area contributed by atoms with Gasteiger partial charge in [0.25, 0.3) is 5.91 Å². The first-order chi connectivity index (χ1) is 14.6. The van der Waals surface area contributed by atoms with Gasteiger partial charge in [-0.25, -0.2) is 9.97 Å². The van der Waals surface area contributed by atoms with Crippen LogP contribution in [0.5, 0.6) is 0 Å². The lowest BCUT2D eigenvalue weighted by molar-refractivity contribution is 0.102. The van der Waals surface area contributed by atoms with E-state index in [-0.39, 0.29) is 5.91 Å². The quantitative estimate of drug-likeness (QED) is 0.452. The van der Waals surface area contributed by atoms with E-state index in [0.717, 1.165) is 28.1 Å². The largest absolute Gasteiger partial charge is 0.340 e. The van der Waals surface area contributed by atoms with Gasteiger partial charge in [-0.15, -0.1) is 0 Å². The summed E-state index contributed by atoms with van der Waals surface area (Å²) in [4.78, 5) is 21.5. The monoisotopic (exact) mass is 394 g/mol. The Morgan fingerprint density at radius 1 is 0.800 bits per heavy atom. The number of hydrogen-bond acceptors (Lipinski definition) is 4. The summed E-state index contributed by atoms with van der Waals surface area (Å²) in [7, 11) is 0. The van der Waals surface area contributed by atoms with Crippen LogP contribution in [0.25, 0.3) is 11.4 Å². The highest BCUT2D eigenvalue weighted by atomic mass is 16.1. The van der Waals surface area contributed by atoms with Crippen molar-refractivity contribution < 1.29 is 4.79 Å². The Balaban J connectivity index is 1.45. The van der Waals surface area contributed by atoms with E-state index in [9.17, 15) is 4.79 Å². The Labute approximate surface area is 175 Å². The van der Waals surface area contributed by atoms with E-state index in [4.69, 9.17) is 0 Å². The lowest BCUT2D eigenvalue weighted by Crippen LogP contribution is -2.12. The first kappa shape index (κ1) is 19.3. The Kier molecular flexibility index (Phi) is 5.52. The molecule has 0 unspecified atom stereocenters. The molecule has 0 fully saturated rings. The number of rotatable bonds is 5. The summed E-state index contributed by atoms with van der Waals surface area (Å²) >= 11 is 0. The number of hydrogen-bond donors (Lipinski definition) is 2. The highest BCUT2D eigenvalue weighted by Gasteiger charge is 2.08. The topological polar surface area (TPSA) is 66.9 Å². The minimum absolute atomic E-state index is 0.139. The number of anilines is 3. The van der Waals surface area contributed by atoms with Crippen LogP contribution in [0.15, 0.2) is 85.1 Å². The Hall–Kier alpha value is -3.99. The van der Waals surface area contributed by atoms with Crippen LogP contribution in [-0.2, 0) is 0 Å². The van der Waals surface area contributed by atoms with Crippen molar-refractivity contribution >= 4 is 23.1 Å². The maximum Gasteiger partial charge on any atom is 0.255 e. The SMILES string of the molecule is Cc1cc(C)cc(NC(=O)c2ccc(Nc3ccnc(-c4ccccc4)n3)cc2)c1. The number of nitrogens with zero attached hydrogens (tertiary/aromatic N) is 2. The first-order valence-electron chi connectivity index (χ1n) is 9.72. The second-order valence-electron chi connectivity index (χ2n) is 7.16. The van der Waals surface area contributed by atoms with Crippen molar-refractivity contribution in [3.63, 3.8) is 0 Å². The lowest BCUT2D eigenvalue weighted by Gasteiger charge is -2.10. The van der Waals surface area contributed by atoms with E-state index < -0.39 is 0 Å². The number of carbonyl (C=O) groups is 1. The van der Waals surface area contributed by atoms with Gasteiger partial charge in [0.1, 0.15) is 5.82 Å². The molecule has 148 valence electrons. The molecule has 4 aromatic rings. The summed E-state index contributed by atoms with van der Waals surface area (Å²) in [5, 5.41) is 6.22. The zero-order chi connectivity index (χ0) is 20.9. The van der Waals surface area contributed by atoms with Crippen LogP contribution in [0.4, 0.5) is 17.2 Å². The second kappa shape index (κ2) is 8.57. The molecule has 4 rings (SSSR count). The highest BCUT2D eigenvalue weighted by molar-refractivity contribution is 6.04. The molecule has 0 radical (unpaired) electrons. The Bertz CT molecular complexity index is 1150. The average Bonchev–Trinajstić information content (AvgIpc) is 2.74. The fraction of sp³-hybridized carbons (Fsp3) is 0.0800. The summed E-state index contributed by atoms with van der Waals surface area (Å²) in [5.74, 6) is 1.21. The maximum atomic E-state index is 12.6. The molecule has 3 aromatic carbocycles. The smallest absolute Gasteiger partial charge is 0.255 e. The van der Waals surface area contributed by atoms with Crippen LogP contribution in [0.1, 0.15) is 21.5 Å². The number of nitrogens with one attached hydrogen (secondary N) is 2. The normalized spacial score (nSPS) is 10.5. The molecule has 5 nitrogen and oxygen atoms in total. The standard InChI is InChI=1S/C25H22N4O/c1-17-14-18(2)16-22(15-17)28-25(30)20-8-10-21(11-9-20)27-23-12-13-26-24(29-23)19-6-4-3-5-7-19/h3-16H,1-2H3,(H,28,30)(H,26,27,29). The summed E-state index contributed by atoms with van der Waals surface area (Å²) in [5.41, 5.74) is 5.42. The van der Waals surface area contributed by atoms with Gasteiger partial charge in [-0.3, -0.25) is 4.79 Å². The van der Waals surface area contributed by atoms with Gasteiger partial charge in [0.15, 0.2) is 5.82 Å². The van der Waals surface area contributed by atoms with Crippen LogP contribution >= 0.6 is 0 Å². The Morgan fingerprint density at radius 2 is 1.50 bits per heavy atom. The molecule has 0 aliphatic carbocycles. The highest BCUT2D eigenvalue weighted by Crippen LogP contribution is 2.20. The van der Waals surface area contributed by atoms with Gasteiger partial charge >= 0.3 is 0 Å². The van der Waals surface area contributed by atoms with E-state index >= 15 is 0 Å². The molecule has 1 heterocycles. The molecule has 0 spiro atoms. The summed E-state index contributed by atoms with van der Waals surface area (Å²) < 4.78 is 0. The minimum Gasteiger partial charge on any atom is -0.340 e. The third kappa shape index (κ3) is 4.70. The third-order valence-electron chi connectivity index (χ3n) is 4.59. The van der Waals surface area contributed by atoms with Crippen LogP contribution in [0, 0.1) is 13.8 Å². The lowest BCUT2D eigenvalue weighted by atomic mass is 10.1. The molecule has 1 amide bonds. The molecule has 0 bridgehead atoms. The fourth-order valence-electron chi connectivity index (χ4n) is 3.26. The van der Waals surface area contributed by atoms with E-state index in [1.807, 2.05) is 74.5 Å². The fourth-order valence-corrected chi connectivity index (χ4v) is 3.26. The second-order valence-corrected chi connectivity index (χ2v) is 7.16. The molecule has 2 N–H and O–H groups in total. The zero-order valence-corrected chi connectivity index (χ0v) is 16.9. The number of carbonyl (C=O) groups excluding carboxylic acids is 1. The molecule has 1 aromatic heterocycles. The zero-order valence-electron chi connectivity index (χ0n) is 16.9. The molecule has 5 heteroatoms. The van der Waals surface area contributed by atoms with Gasteiger partial charge < -0.3 is 10.6 Å². The number of aryl methyl sites for hydroxylation is 2. The van der Waals surface area contributed by atoms with Crippen molar-refractivity contribution in [2.24, 2.45) is 0 Å². The van der Waals surface area contributed by atoms with Gasteiger partial charge in [-0.05, 0) is 67.4 Å². The molecule has 0 aliphatic rings. The molecule has 0 saturated carbocycles. The van der Waals surface area contributed by atoms with Crippen molar-refractivity contribution in [1.29, 1.82) is 0 Å². The molecular formula is C25H22N4O. The number of amides is 1. The summed E-state index contributed by atoms with van der Waals surface area (Å²) in [6.07, 6.45) is 1.73. The predicted molar refractivity (Wildman–Crippen MR) is 121 cm³/mol. The number of aromatic nitrogens is 2. The molecule has 30 heavy (non-hydrogen) atoms. The van der Waals surface area contributed by atoms with Gasteiger partial charge in [0.05, 0.1) is 0 Å². The predicted octanol–water partition coefficient (Wildman–Crippen LogP) is 5.76. The molecule has 0 aliphatic heterocycles. The number of benzene rings is 3. The van der Waals surface area contributed by atoms with Gasteiger partial charge in [0.2, 0.25) is 0 Å². The molecule has 0 saturated heterocycles. The molecular weight excluding hydrogens is 372 g/mol. The summed E-state index contributed by atoms with van der Waals surface area (Å²) in [6.45, 7) is 4.03. The minimum atomic E-state index is -0.139. The third-order valence-corrected chi connectivity index (χ3v) is 4.59. The van der Waals surface area contributed by atoms with Crippen molar-refractivity contribution in [3.8, 4) is 11.4 Å². The average molecular weight is 394 g/mol. The van der Waals surface area contributed by atoms with Gasteiger partial charge in [0, 0.05) is 28.7 Å². The van der Waals surface area contributed by atoms with E-state index in [2.05, 4.69) is 26.7 Å². The van der Waals surface area contributed by atoms with Crippen LogP contribution in [-0.4, -0.2) is 15.9 Å². The van der Waals surface area contributed by atoms with Crippen molar-refractivity contribution in [2.75, 3.05) is 10.6 Å². The molecule has 0 atom stereocenters. The van der Waals surface area contributed by atoms with Crippen LogP contribution < -0.4 is 10.6 Å². The van der Waals surface area contributed by atoms with E-state index in [1.165, 1.54) is 0 Å². The van der Waals surface area contributed by atoms with E-state index in [0.29, 0.717) is 17.2 Å². The van der Waals surface area contributed by atoms with Crippen LogP contribution in [0.2, 0.25) is 0 Å². The van der Waals surface area contributed by atoms with E-state index in [1.54, 1.807) is 18.3 Å². The summed E-state index contributed by atoms with van der Waals surface area (Å²) in [6, 6.07) is 24.9. The van der Waals surface area contributed by atoms with Gasteiger partial charge in [-0.2, -0.15) is 0 Å². The van der Waals surface area contributed by atoms with Crippen LogP contribution in [0.3, 0.4) is 0 Å². The van der Waals surface area contributed by atoms with Crippen molar-refractivity contribution in [1.82, 2.24) is 9.97 Å². The Morgan fingerprint density at radius 3 is 2.20 bits per heavy atom.